The molecule has 0 amide bonds. The fourth-order valence-corrected chi connectivity index (χ4v) is 8.33. The SMILES string of the molecule is C/C(C[PH](C)(C)C)=C(/B(c1ccc(-c2ccccc2)cc1)c1ccc(-c2ccccc2)cc1)c1ccc(-c2ccccc2)cc1. The Balaban J connectivity index is 1.50. The first kappa shape index (κ1) is 30.6. The van der Waals surface area contributed by atoms with Crippen LogP contribution in [0.2, 0.25) is 0 Å². The van der Waals surface area contributed by atoms with Crippen LogP contribution >= 0.6 is 7.26 Å². The fourth-order valence-electron chi connectivity index (χ4n) is 6.55. The van der Waals surface area contributed by atoms with Crippen molar-refractivity contribution in [3.63, 3.8) is 0 Å². The van der Waals surface area contributed by atoms with Crippen molar-refractivity contribution in [1.82, 2.24) is 0 Å². The molecule has 6 rings (SSSR count). The summed E-state index contributed by atoms with van der Waals surface area (Å²) in [5, 5.41) is 0. The minimum absolute atomic E-state index is 0.110. The molecule has 0 heterocycles. The molecule has 0 spiro atoms. The van der Waals surface area contributed by atoms with Crippen molar-refractivity contribution >= 4 is 30.4 Å². The zero-order valence-electron chi connectivity index (χ0n) is 26.9. The Kier molecular flexibility index (Phi) is 9.30. The summed E-state index contributed by atoms with van der Waals surface area (Å²) in [6.45, 7) is 9.92. The molecule has 45 heavy (non-hydrogen) atoms. The van der Waals surface area contributed by atoms with Gasteiger partial charge in [0.15, 0.2) is 0 Å². The molecule has 0 bridgehead atoms. The van der Waals surface area contributed by atoms with Crippen molar-refractivity contribution in [1.29, 1.82) is 0 Å². The molecule has 0 aliphatic heterocycles. The summed E-state index contributed by atoms with van der Waals surface area (Å²) in [6.07, 6.45) is 1.16. The molecule has 0 N–H and O–H groups in total. The number of hydrogen-bond donors (Lipinski definition) is 0. The summed E-state index contributed by atoms with van der Waals surface area (Å²) >= 11 is 0. The first-order valence-electron chi connectivity index (χ1n) is 16.0. The fraction of sp³-hybridized carbons (Fsp3) is 0.116. The van der Waals surface area contributed by atoms with Crippen molar-refractivity contribution < 1.29 is 0 Å². The van der Waals surface area contributed by atoms with Crippen LogP contribution in [0, 0.1) is 0 Å². The van der Waals surface area contributed by atoms with E-state index >= 15 is 0 Å². The molecule has 0 nitrogen and oxygen atoms in total. The predicted molar refractivity (Wildman–Crippen MR) is 204 cm³/mol. The van der Waals surface area contributed by atoms with E-state index < -0.39 is 7.26 Å². The van der Waals surface area contributed by atoms with Gasteiger partial charge in [-0.2, -0.15) is 0 Å². The standard InChI is InChI=1S/C43H42BP/c1-33(32-45(2,3)4)43(40-22-20-37(21-23-40)34-14-8-5-9-15-34)44(41-28-24-38(25-29-41)35-16-10-6-11-17-35)42-30-26-39(27-31-42)36-18-12-7-13-19-36/h5-31,45H,32H2,1-4H3/b43-33-. The van der Waals surface area contributed by atoms with Gasteiger partial charge in [-0.15, -0.1) is 0 Å². The molecular weight excluding hydrogens is 558 g/mol. The molecule has 0 atom stereocenters. The van der Waals surface area contributed by atoms with Gasteiger partial charge >= 0.3 is 272 Å². The van der Waals surface area contributed by atoms with E-state index in [-0.39, 0.29) is 6.71 Å². The second-order valence-corrected chi connectivity index (χ2v) is 18.8. The molecular formula is C43H42BP. The third kappa shape index (κ3) is 7.45. The van der Waals surface area contributed by atoms with E-state index in [9.17, 15) is 0 Å². The van der Waals surface area contributed by atoms with Gasteiger partial charge in [-0.3, -0.25) is 0 Å². The van der Waals surface area contributed by atoms with Gasteiger partial charge in [0.05, 0.1) is 0 Å². The molecule has 0 saturated carbocycles. The van der Waals surface area contributed by atoms with E-state index in [1.165, 1.54) is 60.9 Å². The van der Waals surface area contributed by atoms with Crippen molar-refractivity contribution in [2.45, 2.75) is 6.92 Å². The van der Waals surface area contributed by atoms with Crippen molar-refractivity contribution in [3.05, 3.63) is 175 Å². The Morgan fingerprint density at radius 1 is 0.422 bits per heavy atom. The third-order valence-electron chi connectivity index (χ3n) is 8.55. The number of hydrogen-bond acceptors (Lipinski definition) is 0. The van der Waals surface area contributed by atoms with Crippen molar-refractivity contribution in [3.8, 4) is 33.4 Å². The molecule has 222 valence electrons. The van der Waals surface area contributed by atoms with Crippen LogP contribution < -0.4 is 10.9 Å². The second kappa shape index (κ2) is 13.7. The van der Waals surface area contributed by atoms with Gasteiger partial charge < -0.3 is 0 Å². The Labute approximate surface area is 270 Å². The third-order valence-corrected chi connectivity index (χ3v) is 10.1. The summed E-state index contributed by atoms with van der Waals surface area (Å²) in [5.74, 6) is 0. The Bertz CT molecular complexity index is 1770. The summed E-state index contributed by atoms with van der Waals surface area (Å²) in [6, 6.07) is 59.8. The van der Waals surface area contributed by atoms with Gasteiger partial charge in [-0.05, 0) is 0 Å². The molecule has 0 radical (unpaired) electrons. The Hall–Kier alpha value is -4.45. The van der Waals surface area contributed by atoms with Gasteiger partial charge in [-0.1, -0.05) is 0 Å². The average Bonchev–Trinajstić information content (AvgIpc) is 3.08. The van der Waals surface area contributed by atoms with Gasteiger partial charge in [0.1, 0.15) is 0 Å². The van der Waals surface area contributed by atoms with E-state index in [0.717, 1.165) is 6.16 Å². The quantitative estimate of drug-likeness (QED) is 0.114. The van der Waals surface area contributed by atoms with Crippen LogP contribution in [0.4, 0.5) is 0 Å². The first-order chi connectivity index (χ1) is 21.9. The normalized spacial score (nSPS) is 12.4. The molecule has 2 heteroatoms. The Morgan fingerprint density at radius 2 is 0.733 bits per heavy atom. The summed E-state index contributed by atoms with van der Waals surface area (Å²) < 4.78 is 0. The van der Waals surface area contributed by atoms with E-state index in [1.807, 2.05) is 0 Å². The predicted octanol–water partition coefficient (Wildman–Crippen LogP) is 9.95. The molecule has 0 fully saturated rings. The van der Waals surface area contributed by atoms with Crippen LogP contribution in [-0.2, 0) is 0 Å². The van der Waals surface area contributed by atoms with E-state index in [2.05, 4.69) is 191 Å². The molecule has 0 aromatic heterocycles. The van der Waals surface area contributed by atoms with E-state index in [4.69, 9.17) is 0 Å². The molecule has 0 aliphatic rings. The molecule has 0 saturated heterocycles. The van der Waals surface area contributed by atoms with Crippen molar-refractivity contribution in [2.75, 3.05) is 26.2 Å². The molecule has 6 aromatic carbocycles. The van der Waals surface area contributed by atoms with Crippen molar-refractivity contribution in [2.24, 2.45) is 0 Å². The van der Waals surface area contributed by atoms with Gasteiger partial charge in [-0.25, -0.2) is 0 Å². The van der Waals surface area contributed by atoms with E-state index in [1.54, 1.807) is 0 Å². The number of allylic oxidation sites excluding steroid dienone is 1. The van der Waals surface area contributed by atoms with Gasteiger partial charge in [0.2, 0.25) is 0 Å². The zero-order chi connectivity index (χ0) is 31.2. The number of rotatable bonds is 9. The first-order valence-corrected chi connectivity index (χ1v) is 19.7. The van der Waals surface area contributed by atoms with Crippen LogP contribution in [0.1, 0.15) is 12.5 Å². The average molecular weight is 601 g/mol. The summed E-state index contributed by atoms with van der Waals surface area (Å²) in [5.41, 5.74) is 14.3. The maximum atomic E-state index is 2.48. The zero-order valence-corrected chi connectivity index (χ0v) is 27.9. The van der Waals surface area contributed by atoms with Crippen LogP contribution in [0.15, 0.2) is 169 Å². The van der Waals surface area contributed by atoms with Crippen LogP contribution in [0.3, 0.4) is 0 Å². The summed E-state index contributed by atoms with van der Waals surface area (Å²) in [7, 11) is -1.39. The topological polar surface area (TPSA) is 0 Å². The Morgan fingerprint density at radius 3 is 1.07 bits per heavy atom. The second-order valence-electron chi connectivity index (χ2n) is 13.3. The van der Waals surface area contributed by atoms with E-state index in [0.29, 0.717) is 0 Å². The minimum atomic E-state index is -1.39. The van der Waals surface area contributed by atoms with Gasteiger partial charge in [0, 0.05) is 0 Å². The maximum absolute atomic E-state index is 2.48. The number of benzene rings is 6. The molecule has 0 unspecified atom stereocenters. The summed E-state index contributed by atoms with van der Waals surface area (Å²) in [4.78, 5) is 0. The van der Waals surface area contributed by atoms with Crippen LogP contribution in [0.5, 0.6) is 0 Å². The van der Waals surface area contributed by atoms with Gasteiger partial charge in [0.25, 0.3) is 0 Å². The molecule has 6 aromatic rings. The van der Waals surface area contributed by atoms with Crippen LogP contribution in [0.25, 0.3) is 38.9 Å². The van der Waals surface area contributed by atoms with Crippen LogP contribution in [-0.4, -0.2) is 32.9 Å². The monoisotopic (exact) mass is 600 g/mol. The molecule has 0 aliphatic carbocycles.